The van der Waals surface area contributed by atoms with E-state index in [9.17, 15) is 9.59 Å². The fourth-order valence-corrected chi connectivity index (χ4v) is 0.844. The topological polar surface area (TPSA) is 78.4 Å². The minimum absolute atomic E-state index is 0.0141. The van der Waals surface area contributed by atoms with Crippen molar-refractivity contribution >= 4 is 35.4 Å². The molecule has 0 rings (SSSR count). The van der Waals surface area contributed by atoms with Crippen LogP contribution >= 0.6 is 23.6 Å². The van der Waals surface area contributed by atoms with Crippen molar-refractivity contribution in [3.8, 4) is 0 Å². The van der Waals surface area contributed by atoms with Gasteiger partial charge in [0, 0.05) is 18.2 Å². The van der Waals surface area contributed by atoms with Crippen LogP contribution < -0.4 is 9.67 Å². The van der Waals surface area contributed by atoms with Gasteiger partial charge in [0.2, 0.25) is 5.91 Å². The quantitative estimate of drug-likeness (QED) is 0.573. The normalized spacial score (nSPS) is 12.2. The van der Waals surface area contributed by atoms with Gasteiger partial charge >= 0.3 is 5.97 Å². The maximum absolute atomic E-state index is 10.5. The van der Waals surface area contributed by atoms with Crippen LogP contribution in [0.25, 0.3) is 0 Å². The molecule has 70 valence electrons. The van der Waals surface area contributed by atoms with Gasteiger partial charge in [-0.2, -0.15) is 0 Å². The molecule has 0 aliphatic heterocycles. The van der Waals surface area contributed by atoms with Crippen LogP contribution in [0, 0.1) is 0 Å². The van der Waals surface area contributed by atoms with E-state index in [2.05, 4.69) is 0 Å². The molecule has 12 heavy (non-hydrogen) atoms. The number of carboxylic acids is 1. The van der Waals surface area contributed by atoms with E-state index in [1.165, 1.54) is 0 Å². The Hall–Kier alpha value is -0.520. The average Bonchev–Trinajstić information content (AvgIpc) is 2.04. The summed E-state index contributed by atoms with van der Waals surface area (Å²) < 4.78 is 0. The molecule has 0 aliphatic carbocycles. The van der Waals surface area contributed by atoms with Crippen molar-refractivity contribution in [1.82, 2.24) is 9.67 Å². The van der Waals surface area contributed by atoms with Crippen molar-refractivity contribution in [3.05, 3.63) is 0 Å². The number of nitrogens with one attached hydrogen (secondary N) is 2. The molecule has 3 N–H and O–H groups in total. The molecular formula is C5H8Cl2N2O3. The number of rotatable bonds is 5. The molecule has 0 saturated heterocycles. The first kappa shape index (κ1) is 11.5. The summed E-state index contributed by atoms with van der Waals surface area (Å²) in [5.41, 5.74) is 0. The molecule has 0 aromatic carbocycles. The lowest BCUT2D eigenvalue weighted by Gasteiger charge is -2.07. The van der Waals surface area contributed by atoms with E-state index >= 15 is 0 Å². The van der Waals surface area contributed by atoms with Crippen LogP contribution in [0.15, 0.2) is 0 Å². The summed E-state index contributed by atoms with van der Waals surface area (Å²) in [6.07, 6.45) is 0.109. The van der Waals surface area contributed by atoms with Crippen LogP contribution in [0.3, 0.4) is 0 Å². The second-order valence-corrected chi connectivity index (χ2v) is 2.46. The van der Waals surface area contributed by atoms with Crippen LogP contribution in [-0.2, 0) is 9.59 Å². The smallest absolute Gasteiger partial charge is 0.321 e. The minimum atomic E-state index is -1.10. The van der Waals surface area contributed by atoms with Gasteiger partial charge in [-0.15, -0.1) is 0 Å². The number of hydrogen-bond donors (Lipinski definition) is 3. The highest BCUT2D eigenvalue weighted by atomic mass is 35.5. The largest absolute Gasteiger partial charge is 0.480 e. The third-order valence-corrected chi connectivity index (χ3v) is 1.67. The molecule has 0 unspecified atom stereocenters. The van der Waals surface area contributed by atoms with Gasteiger partial charge in [0.1, 0.15) is 6.04 Å². The first-order chi connectivity index (χ1) is 5.61. The molecular weight excluding hydrogens is 207 g/mol. The average molecular weight is 215 g/mol. The lowest BCUT2D eigenvalue weighted by atomic mass is 10.2. The van der Waals surface area contributed by atoms with E-state index in [0.717, 1.165) is 0 Å². The maximum atomic E-state index is 10.5. The lowest BCUT2D eigenvalue weighted by Crippen LogP contribution is -2.31. The van der Waals surface area contributed by atoms with E-state index in [-0.39, 0.29) is 12.8 Å². The standard InChI is InChI=1S/C5H8Cl2N2O3/c6-8-3(5(11)12)1-2-4(10)9-7/h3,8H,1-2H2,(H,9,10)(H,11,12)/t3-/m0/s1. The van der Waals surface area contributed by atoms with Gasteiger partial charge in [0.05, 0.1) is 0 Å². The summed E-state index contributed by atoms with van der Waals surface area (Å²) in [5.74, 6) is -1.54. The zero-order valence-electron chi connectivity index (χ0n) is 6.01. The molecule has 1 atom stereocenters. The second kappa shape index (κ2) is 6.05. The van der Waals surface area contributed by atoms with Crippen molar-refractivity contribution in [1.29, 1.82) is 0 Å². The zero-order chi connectivity index (χ0) is 9.56. The SMILES string of the molecule is O=C(CC[C@H](NCl)C(=O)O)NCl. The van der Waals surface area contributed by atoms with E-state index in [4.69, 9.17) is 28.7 Å². The van der Waals surface area contributed by atoms with Crippen molar-refractivity contribution in [3.63, 3.8) is 0 Å². The Kier molecular flexibility index (Phi) is 5.79. The minimum Gasteiger partial charge on any atom is -0.480 e. The Bertz CT molecular complexity index is 176. The van der Waals surface area contributed by atoms with Crippen molar-refractivity contribution in [2.45, 2.75) is 18.9 Å². The lowest BCUT2D eigenvalue weighted by molar-refractivity contribution is -0.139. The Morgan fingerprint density at radius 2 is 2.00 bits per heavy atom. The highest BCUT2D eigenvalue weighted by Crippen LogP contribution is 1.98. The van der Waals surface area contributed by atoms with E-state index in [1.54, 1.807) is 0 Å². The molecule has 0 aromatic rings. The Morgan fingerprint density at radius 3 is 2.33 bits per heavy atom. The van der Waals surface area contributed by atoms with E-state index < -0.39 is 17.9 Å². The third-order valence-electron chi connectivity index (χ3n) is 1.20. The molecule has 0 heterocycles. The van der Waals surface area contributed by atoms with Gasteiger partial charge in [-0.3, -0.25) is 14.4 Å². The first-order valence-electron chi connectivity index (χ1n) is 3.10. The molecule has 5 nitrogen and oxygen atoms in total. The van der Waals surface area contributed by atoms with Crippen LogP contribution in [0.1, 0.15) is 12.8 Å². The molecule has 0 aliphatic rings. The van der Waals surface area contributed by atoms with Gasteiger partial charge in [-0.1, -0.05) is 0 Å². The molecule has 0 saturated carbocycles. The van der Waals surface area contributed by atoms with Gasteiger partial charge in [0.15, 0.2) is 0 Å². The van der Waals surface area contributed by atoms with Crippen LogP contribution in [0.5, 0.6) is 0 Å². The maximum Gasteiger partial charge on any atom is 0.321 e. The van der Waals surface area contributed by atoms with Crippen molar-refractivity contribution < 1.29 is 14.7 Å². The van der Waals surface area contributed by atoms with Crippen molar-refractivity contribution in [2.24, 2.45) is 0 Å². The molecule has 0 fully saturated rings. The Labute approximate surface area is 79.2 Å². The molecule has 0 aromatic heterocycles. The summed E-state index contributed by atoms with van der Waals surface area (Å²) in [6.45, 7) is 0. The molecule has 0 spiro atoms. The number of carbonyl (C=O) groups is 2. The Morgan fingerprint density at radius 1 is 1.42 bits per heavy atom. The van der Waals surface area contributed by atoms with Gasteiger partial charge in [-0.25, -0.2) is 4.84 Å². The van der Waals surface area contributed by atoms with Crippen LogP contribution in [0.4, 0.5) is 0 Å². The highest BCUT2D eigenvalue weighted by molar-refractivity contribution is 6.21. The highest BCUT2D eigenvalue weighted by Gasteiger charge is 2.16. The van der Waals surface area contributed by atoms with Crippen LogP contribution in [-0.4, -0.2) is 23.0 Å². The Balaban J connectivity index is 3.73. The molecule has 0 radical (unpaired) electrons. The summed E-state index contributed by atoms with van der Waals surface area (Å²) in [6, 6.07) is -0.930. The number of carboxylic acid groups (broad SMARTS) is 1. The van der Waals surface area contributed by atoms with Crippen LogP contribution in [0.2, 0.25) is 0 Å². The van der Waals surface area contributed by atoms with Gasteiger partial charge < -0.3 is 5.11 Å². The van der Waals surface area contributed by atoms with Gasteiger partial charge in [-0.05, 0) is 18.2 Å². The molecule has 1 amide bonds. The fraction of sp³-hybridized carbons (Fsp3) is 0.600. The number of amides is 1. The molecule has 0 bridgehead atoms. The van der Waals surface area contributed by atoms with Gasteiger partial charge in [0.25, 0.3) is 0 Å². The summed E-state index contributed by atoms with van der Waals surface area (Å²) in [5, 5.41) is 8.45. The first-order valence-corrected chi connectivity index (χ1v) is 3.85. The summed E-state index contributed by atoms with van der Waals surface area (Å²) >= 11 is 10.1. The number of halogens is 2. The predicted molar refractivity (Wildman–Crippen MR) is 43.6 cm³/mol. The van der Waals surface area contributed by atoms with E-state index in [1.807, 2.05) is 9.67 Å². The van der Waals surface area contributed by atoms with Crippen molar-refractivity contribution in [2.75, 3.05) is 0 Å². The second-order valence-electron chi connectivity index (χ2n) is 2.06. The summed E-state index contributed by atoms with van der Waals surface area (Å²) in [4.78, 5) is 24.8. The predicted octanol–water partition coefficient (Wildman–Crippen LogP) is 0.233. The number of hydrogen-bond acceptors (Lipinski definition) is 3. The summed E-state index contributed by atoms with van der Waals surface area (Å²) in [7, 11) is 0. The fourth-order valence-electron chi connectivity index (χ4n) is 0.547. The van der Waals surface area contributed by atoms with E-state index in [0.29, 0.717) is 0 Å². The molecule has 7 heteroatoms. The zero-order valence-corrected chi connectivity index (χ0v) is 7.52. The number of aliphatic carboxylic acids is 1. The number of carbonyl (C=O) groups excluding carboxylic acids is 1. The third kappa shape index (κ3) is 4.38. The monoisotopic (exact) mass is 214 g/mol.